The lowest BCUT2D eigenvalue weighted by Gasteiger charge is -2.31. The lowest BCUT2D eigenvalue weighted by molar-refractivity contribution is -0.121. The van der Waals surface area contributed by atoms with Crippen molar-refractivity contribution >= 4 is 45.2 Å². The summed E-state index contributed by atoms with van der Waals surface area (Å²) in [5.74, 6) is -0.0573. The third-order valence-electron chi connectivity index (χ3n) is 4.64. The molecule has 0 bridgehead atoms. The molecular formula is C20H21BrClN3O2. The molecule has 0 aromatic heterocycles. The van der Waals surface area contributed by atoms with Crippen LogP contribution in [0.5, 0.6) is 0 Å². The molecule has 27 heavy (non-hydrogen) atoms. The van der Waals surface area contributed by atoms with E-state index in [0.29, 0.717) is 37.5 Å². The van der Waals surface area contributed by atoms with Crippen molar-refractivity contribution in [2.75, 3.05) is 18.4 Å². The summed E-state index contributed by atoms with van der Waals surface area (Å²) < 4.78 is 0.901. The van der Waals surface area contributed by atoms with Gasteiger partial charge in [0.05, 0.1) is 0 Å². The van der Waals surface area contributed by atoms with Crippen LogP contribution in [0.2, 0.25) is 5.02 Å². The molecule has 0 saturated carbocycles. The summed E-state index contributed by atoms with van der Waals surface area (Å²) in [7, 11) is 0. The first-order chi connectivity index (χ1) is 13.0. The third kappa shape index (κ3) is 5.47. The standard InChI is InChI=1S/C20H21BrClN3O2/c21-16-7-6-15(18(22)12-16)13-23-20(27)25-10-8-14(9-11-25)19(26)24-17-4-2-1-3-5-17/h1-7,12,14H,8-11,13H2,(H,23,27)(H,24,26). The van der Waals surface area contributed by atoms with Gasteiger partial charge in [0.15, 0.2) is 0 Å². The van der Waals surface area contributed by atoms with E-state index in [9.17, 15) is 9.59 Å². The van der Waals surface area contributed by atoms with E-state index in [4.69, 9.17) is 11.6 Å². The summed E-state index contributed by atoms with van der Waals surface area (Å²) in [4.78, 5) is 26.5. The zero-order valence-corrected chi connectivity index (χ0v) is 17.1. The minimum absolute atomic E-state index is 0.0166. The number of nitrogens with zero attached hydrogens (tertiary/aromatic N) is 1. The highest BCUT2D eigenvalue weighted by atomic mass is 79.9. The van der Waals surface area contributed by atoms with Gasteiger partial charge in [0.1, 0.15) is 0 Å². The zero-order chi connectivity index (χ0) is 19.2. The van der Waals surface area contributed by atoms with Gasteiger partial charge in [-0.1, -0.05) is 51.8 Å². The molecule has 5 nitrogen and oxygen atoms in total. The minimum atomic E-state index is -0.129. The van der Waals surface area contributed by atoms with Gasteiger partial charge in [-0.25, -0.2) is 4.79 Å². The number of hydrogen-bond acceptors (Lipinski definition) is 2. The van der Waals surface area contributed by atoms with Crippen molar-refractivity contribution < 1.29 is 9.59 Å². The largest absolute Gasteiger partial charge is 0.334 e. The number of amides is 3. The predicted octanol–water partition coefficient (Wildman–Crippen LogP) is 4.66. The molecule has 2 N–H and O–H groups in total. The number of halogens is 2. The Kier molecular flexibility index (Phi) is 6.74. The first kappa shape index (κ1) is 19.7. The Morgan fingerprint density at radius 2 is 1.81 bits per heavy atom. The molecule has 0 radical (unpaired) electrons. The highest BCUT2D eigenvalue weighted by Gasteiger charge is 2.27. The molecule has 1 aliphatic rings. The predicted molar refractivity (Wildman–Crippen MR) is 111 cm³/mol. The number of carbonyl (C=O) groups excluding carboxylic acids is 2. The van der Waals surface area contributed by atoms with Crippen LogP contribution in [0.4, 0.5) is 10.5 Å². The van der Waals surface area contributed by atoms with Crippen LogP contribution in [0.15, 0.2) is 53.0 Å². The molecule has 1 aliphatic heterocycles. The molecular weight excluding hydrogens is 430 g/mol. The molecule has 0 aliphatic carbocycles. The number of piperidine rings is 1. The van der Waals surface area contributed by atoms with Gasteiger partial charge in [-0.2, -0.15) is 0 Å². The molecule has 7 heteroatoms. The molecule has 2 aromatic carbocycles. The maximum atomic E-state index is 12.4. The van der Waals surface area contributed by atoms with Gasteiger partial charge in [-0.15, -0.1) is 0 Å². The normalized spacial score (nSPS) is 14.7. The molecule has 2 aromatic rings. The first-order valence-electron chi connectivity index (χ1n) is 8.85. The van der Waals surface area contributed by atoms with Crippen molar-refractivity contribution in [3.05, 3.63) is 63.6 Å². The first-order valence-corrected chi connectivity index (χ1v) is 10.0. The fourth-order valence-corrected chi connectivity index (χ4v) is 3.80. The monoisotopic (exact) mass is 449 g/mol. The van der Waals surface area contributed by atoms with Gasteiger partial charge >= 0.3 is 6.03 Å². The molecule has 3 amide bonds. The van der Waals surface area contributed by atoms with Crippen LogP contribution in [0, 0.1) is 5.92 Å². The summed E-state index contributed by atoms with van der Waals surface area (Å²) in [5, 5.41) is 6.45. The topological polar surface area (TPSA) is 61.4 Å². The SMILES string of the molecule is O=C(Nc1ccccc1)C1CCN(C(=O)NCc2ccc(Br)cc2Cl)CC1. The highest BCUT2D eigenvalue weighted by Crippen LogP contribution is 2.22. The smallest absolute Gasteiger partial charge is 0.317 e. The fourth-order valence-electron chi connectivity index (χ4n) is 3.06. The Morgan fingerprint density at radius 1 is 1.11 bits per heavy atom. The average Bonchev–Trinajstić information content (AvgIpc) is 2.68. The Bertz CT molecular complexity index is 808. The van der Waals surface area contributed by atoms with E-state index >= 15 is 0 Å². The second-order valence-electron chi connectivity index (χ2n) is 6.51. The van der Waals surface area contributed by atoms with Gasteiger partial charge in [-0.3, -0.25) is 4.79 Å². The molecule has 0 atom stereocenters. The van der Waals surface area contributed by atoms with E-state index in [-0.39, 0.29) is 17.9 Å². The van der Waals surface area contributed by atoms with Crippen LogP contribution in [0.1, 0.15) is 18.4 Å². The number of likely N-dealkylation sites (tertiary alicyclic amines) is 1. The number of nitrogens with one attached hydrogen (secondary N) is 2. The van der Waals surface area contributed by atoms with Crippen molar-refractivity contribution in [3.63, 3.8) is 0 Å². The van der Waals surface area contributed by atoms with Crippen LogP contribution in [0.25, 0.3) is 0 Å². The summed E-state index contributed by atoms with van der Waals surface area (Å²) in [6.07, 6.45) is 1.32. The quantitative estimate of drug-likeness (QED) is 0.711. The Labute approximate surface area is 172 Å². The van der Waals surface area contributed by atoms with Crippen molar-refractivity contribution in [3.8, 4) is 0 Å². The number of anilines is 1. The Hall–Kier alpha value is -2.05. The maximum Gasteiger partial charge on any atom is 0.317 e. The van der Waals surface area contributed by atoms with Gasteiger partial charge in [0.25, 0.3) is 0 Å². The number of rotatable bonds is 4. The molecule has 1 saturated heterocycles. The summed E-state index contributed by atoms with van der Waals surface area (Å²) in [5.41, 5.74) is 1.67. The van der Waals surface area contributed by atoms with E-state index in [1.165, 1.54) is 0 Å². The van der Waals surface area contributed by atoms with Crippen molar-refractivity contribution in [2.24, 2.45) is 5.92 Å². The van der Waals surface area contributed by atoms with Crippen LogP contribution in [0.3, 0.4) is 0 Å². The molecule has 1 fully saturated rings. The molecule has 0 unspecified atom stereocenters. The van der Waals surface area contributed by atoms with Crippen LogP contribution in [-0.4, -0.2) is 29.9 Å². The number of urea groups is 1. The molecule has 0 spiro atoms. The average molecular weight is 451 g/mol. The van der Waals surface area contributed by atoms with Gasteiger partial charge in [0, 0.05) is 40.7 Å². The van der Waals surface area contributed by atoms with Crippen molar-refractivity contribution in [1.29, 1.82) is 0 Å². The molecule has 3 rings (SSSR count). The zero-order valence-electron chi connectivity index (χ0n) is 14.8. The second kappa shape index (κ2) is 9.24. The van der Waals surface area contributed by atoms with Crippen LogP contribution < -0.4 is 10.6 Å². The Balaban J connectivity index is 1.45. The van der Waals surface area contributed by atoms with Crippen molar-refractivity contribution in [1.82, 2.24) is 10.2 Å². The van der Waals surface area contributed by atoms with Gasteiger partial charge in [-0.05, 0) is 42.7 Å². The summed E-state index contributed by atoms with van der Waals surface area (Å²) in [6.45, 7) is 1.50. The number of carbonyl (C=O) groups is 2. The third-order valence-corrected chi connectivity index (χ3v) is 5.48. The summed E-state index contributed by atoms with van der Waals surface area (Å²) >= 11 is 9.54. The van der Waals surface area contributed by atoms with E-state index in [2.05, 4.69) is 26.6 Å². The van der Waals surface area contributed by atoms with Crippen molar-refractivity contribution in [2.45, 2.75) is 19.4 Å². The van der Waals surface area contributed by atoms with E-state index in [1.807, 2.05) is 42.5 Å². The second-order valence-corrected chi connectivity index (χ2v) is 7.83. The Morgan fingerprint density at radius 3 is 2.48 bits per heavy atom. The van der Waals surface area contributed by atoms with E-state index < -0.39 is 0 Å². The van der Waals surface area contributed by atoms with Gasteiger partial charge < -0.3 is 15.5 Å². The number of para-hydroxylation sites is 1. The lowest BCUT2D eigenvalue weighted by atomic mass is 9.96. The molecule has 142 valence electrons. The number of hydrogen-bond donors (Lipinski definition) is 2. The van der Waals surface area contributed by atoms with Gasteiger partial charge in [0.2, 0.25) is 5.91 Å². The lowest BCUT2D eigenvalue weighted by Crippen LogP contribution is -2.45. The number of benzene rings is 2. The van der Waals surface area contributed by atoms with E-state index in [0.717, 1.165) is 15.7 Å². The van der Waals surface area contributed by atoms with Crippen LogP contribution >= 0.6 is 27.5 Å². The highest BCUT2D eigenvalue weighted by molar-refractivity contribution is 9.10. The summed E-state index contributed by atoms with van der Waals surface area (Å²) in [6, 6.07) is 14.9. The van der Waals surface area contributed by atoms with E-state index in [1.54, 1.807) is 11.0 Å². The minimum Gasteiger partial charge on any atom is -0.334 e. The molecule has 1 heterocycles. The maximum absolute atomic E-state index is 12.4. The fraction of sp³-hybridized carbons (Fsp3) is 0.300. The van der Waals surface area contributed by atoms with Crippen LogP contribution in [-0.2, 0) is 11.3 Å².